The number of aryl methyl sites for hydroxylation is 1. The van der Waals surface area contributed by atoms with E-state index in [0.29, 0.717) is 18.1 Å². The Hall–Kier alpha value is -3.24. The first kappa shape index (κ1) is 26.8. The quantitative estimate of drug-likeness (QED) is 0.449. The minimum Gasteiger partial charge on any atom is -0.418 e. The van der Waals surface area contributed by atoms with Gasteiger partial charge in [0.1, 0.15) is 0 Å². The summed E-state index contributed by atoms with van der Waals surface area (Å²) < 4.78 is 6.74. The van der Waals surface area contributed by atoms with Crippen LogP contribution in [0.25, 0.3) is 11.6 Å². The van der Waals surface area contributed by atoms with Gasteiger partial charge in [-0.1, -0.05) is 23.7 Å². The SMILES string of the molecule is CC(C)(O)OC(=O)N1CCNCC1.Cn1cncc1C(N)C1=Cc2cccnc2Cc2ccc(Cl)cc21. The van der Waals surface area contributed by atoms with Gasteiger partial charge < -0.3 is 30.4 Å². The van der Waals surface area contributed by atoms with Crippen LogP contribution in [-0.4, -0.2) is 62.6 Å². The maximum atomic E-state index is 11.3. The van der Waals surface area contributed by atoms with E-state index in [2.05, 4.69) is 33.5 Å². The molecular weight excluding hydrogens is 492 g/mol. The molecule has 0 saturated carbocycles. The van der Waals surface area contributed by atoms with Gasteiger partial charge in [0, 0.05) is 64.7 Å². The van der Waals surface area contributed by atoms with Gasteiger partial charge in [0.05, 0.1) is 30.0 Å². The zero-order chi connectivity index (χ0) is 26.6. The van der Waals surface area contributed by atoms with Crippen LogP contribution in [-0.2, 0) is 18.2 Å². The van der Waals surface area contributed by atoms with E-state index in [4.69, 9.17) is 22.1 Å². The summed E-state index contributed by atoms with van der Waals surface area (Å²) in [7, 11) is 1.95. The molecule has 1 atom stereocenters. The van der Waals surface area contributed by atoms with Crippen LogP contribution >= 0.6 is 11.6 Å². The molecule has 1 saturated heterocycles. The number of pyridine rings is 1. The van der Waals surface area contributed by atoms with E-state index in [1.54, 1.807) is 11.2 Å². The summed E-state index contributed by atoms with van der Waals surface area (Å²) in [4.78, 5) is 21.6. The molecule has 3 aromatic rings. The molecule has 2 aliphatic rings. The molecular formula is C27H33ClN6O3. The number of aromatic nitrogens is 3. The summed E-state index contributed by atoms with van der Waals surface area (Å²) in [5.41, 5.74) is 13.0. The van der Waals surface area contributed by atoms with Crippen molar-refractivity contribution in [3.05, 3.63) is 82.2 Å². The summed E-state index contributed by atoms with van der Waals surface area (Å²) in [5, 5.41) is 13.1. The van der Waals surface area contributed by atoms with Crippen molar-refractivity contribution in [2.24, 2.45) is 12.8 Å². The number of hydrogen-bond acceptors (Lipinski definition) is 7. The maximum Gasteiger partial charge on any atom is 0.412 e. The van der Waals surface area contributed by atoms with Gasteiger partial charge in [0.15, 0.2) is 0 Å². The predicted molar refractivity (Wildman–Crippen MR) is 144 cm³/mol. The highest BCUT2D eigenvalue weighted by atomic mass is 35.5. The normalized spacial score (nSPS) is 15.8. The van der Waals surface area contributed by atoms with Gasteiger partial charge in [-0.15, -0.1) is 0 Å². The van der Waals surface area contributed by atoms with E-state index in [0.717, 1.165) is 47.6 Å². The number of hydrogen-bond donors (Lipinski definition) is 3. The standard InChI is InChI=1S/C19H17ClN4.C8H16N2O3/c1-24-11-22-10-18(24)19(21)16-7-13-3-2-6-23-17(13)8-12-4-5-14(20)9-15(12)16;1-8(2,12)13-7(11)10-5-3-9-4-6-10/h2-7,9-11,19H,8,21H2,1H3;9,12H,3-6H2,1-2H3. The topological polar surface area (TPSA) is 119 Å². The number of fused-ring (bicyclic) bond motifs is 2. The average molecular weight is 525 g/mol. The van der Waals surface area contributed by atoms with Crippen molar-refractivity contribution in [1.82, 2.24) is 24.8 Å². The summed E-state index contributed by atoms with van der Waals surface area (Å²) in [6.45, 7) is 5.70. The van der Waals surface area contributed by atoms with Crippen molar-refractivity contribution < 1.29 is 14.6 Å². The lowest BCUT2D eigenvalue weighted by Crippen LogP contribution is -2.48. The third-order valence-electron chi connectivity index (χ3n) is 6.20. The lowest BCUT2D eigenvalue weighted by Gasteiger charge is -2.29. The van der Waals surface area contributed by atoms with Gasteiger partial charge in [-0.2, -0.15) is 0 Å². The Kier molecular flexibility index (Phi) is 8.29. The molecule has 2 aromatic heterocycles. The van der Waals surface area contributed by atoms with E-state index in [1.165, 1.54) is 19.4 Å². The predicted octanol–water partition coefficient (Wildman–Crippen LogP) is 3.37. The fourth-order valence-electron chi connectivity index (χ4n) is 4.34. The number of amides is 1. The largest absolute Gasteiger partial charge is 0.418 e. The lowest BCUT2D eigenvalue weighted by molar-refractivity contribution is -0.139. The molecule has 1 aliphatic heterocycles. The first-order valence-electron chi connectivity index (χ1n) is 12.2. The van der Waals surface area contributed by atoms with Crippen molar-refractivity contribution >= 4 is 29.3 Å². The van der Waals surface area contributed by atoms with E-state index < -0.39 is 11.9 Å². The molecule has 1 aliphatic carbocycles. The monoisotopic (exact) mass is 524 g/mol. The molecule has 37 heavy (non-hydrogen) atoms. The molecule has 196 valence electrons. The van der Waals surface area contributed by atoms with Gasteiger partial charge >= 0.3 is 6.09 Å². The molecule has 1 aromatic carbocycles. The van der Waals surface area contributed by atoms with E-state index >= 15 is 0 Å². The Morgan fingerprint density at radius 1 is 1.27 bits per heavy atom. The van der Waals surface area contributed by atoms with Crippen molar-refractivity contribution in [2.45, 2.75) is 32.1 Å². The number of rotatable bonds is 3. The van der Waals surface area contributed by atoms with E-state index in [-0.39, 0.29) is 6.04 Å². The fraction of sp³-hybridized carbons (Fsp3) is 0.370. The molecule has 3 heterocycles. The highest BCUT2D eigenvalue weighted by Gasteiger charge is 2.25. The van der Waals surface area contributed by atoms with Crippen molar-refractivity contribution in [1.29, 1.82) is 0 Å². The first-order valence-corrected chi connectivity index (χ1v) is 12.6. The molecule has 1 unspecified atom stereocenters. The molecule has 1 amide bonds. The van der Waals surface area contributed by atoms with Crippen LogP contribution in [0.3, 0.4) is 0 Å². The molecule has 0 radical (unpaired) electrons. The second kappa shape index (κ2) is 11.4. The minimum absolute atomic E-state index is 0.291. The Labute approximate surface area is 221 Å². The highest BCUT2D eigenvalue weighted by Crippen LogP contribution is 2.37. The van der Waals surface area contributed by atoms with Gasteiger partial charge in [-0.25, -0.2) is 9.78 Å². The number of aliphatic hydroxyl groups is 1. The average Bonchev–Trinajstić information content (AvgIpc) is 3.22. The third-order valence-corrected chi connectivity index (χ3v) is 6.43. The Balaban J connectivity index is 0.000000209. The van der Waals surface area contributed by atoms with Gasteiger partial charge in [0.25, 0.3) is 0 Å². The first-order chi connectivity index (χ1) is 17.6. The number of nitrogens with two attached hydrogens (primary N) is 1. The number of benzene rings is 1. The Morgan fingerprint density at radius 2 is 2.03 bits per heavy atom. The molecule has 9 nitrogen and oxygen atoms in total. The van der Waals surface area contributed by atoms with Gasteiger partial charge in [0.2, 0.25) is 5.79 Å². The third kappa shape index (κ3) is 6.75. The van der Waals surface area contributed by atoms with Gasteiger partial charge in [-0.05, 0) is 46.5 Å². The molecule has 5 rings (SSSR count). The highest BCUT2D eigenvalue weighted by molar-refractivity contribution is 6.30. The van der Waals surface area contributed by atoms with E-state index in [9.17, 15) is 9.90 Å². The van der Waals surface area contributed by atoms with Crippen LogP contribution in [0.5, 0.6) is 0 Å². The maximum absolute atomic E-state index is 11.3. The van der Waals surface area contributed by atoms with Crippen LogP contribution in [0.4, 0.5) is 4.79 Å². The van der Waals surface area contributed by atoms with Crippen LogP contribution < -0.4 is 11.1 Å². The molecule has 4 N–H and O–H groups in total. The van der Waals surface area contributed by atoms with Crippen molar-refractivity contribution in [3.63, 3.8) is 0 Å². The number of carbonyl (C=O) groups excluding carboxylic acids is 1. The second-order valence-corrected chi connectivity index (χ2v) is 10.0. The number of piperazine rings is 1. The van der Waals surface area contributed by atoms with Gasteiger partial charge in [-0.3, -0.25) is 4.98 Å². The fourth-order valence-corrected chi connectivity index (χ4v) is 4.51. The summed E-state index contributed by atoms with van der Waals surface area (Å²) in [6, 6.07) is 9.70. The molecule has 0 bridgehead atoms. The number of imidazole rings is 1. The zero-order valence-corrected chi connectivity index (χ0v) is 22.1. The number of nitrogens with zero attached hydrogens (tertiary/aromatic N) is 4. The van der Waals surface area contributed by atoms with Crippen molar-refractivity contribution in [2.75, 3.05) is 26.2 Å². The number of nitrogens with one attached hydrogen (secondary N) is 1. The second-order valence-electron chi connectivity index (χ2n) is 9.58. The smallest absolute Gasteiger partial charge is 0.412 e. The number of carbonyl (C=O) groups is 1. The van der Waals surface area contributed by atoms with Crippen LogP contribution in [0, 0.1) is 0 Å². The number of ether oxygens (including phenoxy) is 1. The molecule has 0 spiro atoms. The Bertz CT molecular complexity index is 1280. The van der Waals surface area contributed by atoms with Crippen LogP contribution in [0.2, 0.25) is 5.02 Å². The molecule has 10 heteroatoms. The summed E-state index contributed by atoms with van der Waals surface area (Å²) >= 11 is 6.27. The number of halogens is 1. The Morgan fingerprint density at radius 3 is 2.70 bits per heavy atom. The zero-order valence-electron chi connectivity index (χ0n) is 21.3. The van der Waals surface area contributed by atoms with E-state index in [1.807, 2.05) is 42.2 Å². The summed E-state index contributed by atoms with van der Waals surface area (Å²) in [6.07, 6.45) is 7.84. The lowest BCUT2D eigenvalue weighted by atomic mass is 9.92. The summed E-state index contributed by atoms with van der Waals surface area (Å²) in [5.74, 6) is -1.39. The van der Waals surface area contributed by atoms with Crippen molar-refractivity contribution in [3.8, 4) is 0 Å². The molecule has 1 fully saturated rings. The minimum atomic E-state index is -1.39. The van der Waals surface area contributed by atoms with Crippen LogP contribution in [0.1, 0.15) is 48.0 Å². The van der Waals surface area contributed by atoms with Crippen LogP contribution in [0.15, 0.2) is 49.1 Å².